The van der Waals surface area contributed by atoms with Crippen LogP contribution in [-0.2, 0) is 0 Å². The summed E-state index contributed by atoms with van der Waals surface area (Å²) in [6, 6.07) is 7.61. The quantitative estimate of drug-likeness (QED) is 0.902. The van der Waals surface area contributed by atoms with Gasteiger partial charge in [-0.15, -0.1) is 0 Å². The predicted molar refractivity (Wildman–Crippen MR) is 77.8 cm³/mol. The number of ether oxygens (including phenoxy) is 1. The number of aliphatic hydroxyl groups is 1. The summed E-state index contributed by atoms with van der Waals surface area (Å²) < 4.78 is 5.94. The number of benzene rings is 1. The maximum atomic E-state index is 9.66. The van der Waals surface area contributed by atoms with Crippen molar-refractivity contribution in [3.63, 3.8) is 0 Å². The van der Waals surface area contributed by atoms with Crippen LogP contribution in [0.1, 0.15) is 26.2 Å². The highest BCUT2D eigenvalue weighted by atomic mass is 35.5. The molecule has 0 saturated carbocycles. The number of hydrogen-bond acceptors (Lipinski definition) is 3. The highest BCUT2D eigenvalue weighted by Crippen LogP contribution is 2.26. The monoisotopic (exact) mass is 283 g/mol. The molecule has 0 unspecified atom stereocenters. The highest BCUT2D eigenvalue weighted by molar-refractivity contribution is 6.32. The normalized spacial score (nSPS) is 19.3. The molecular weight excluding hydrogens is 262 g/mol. The van der Waals surface area contributed by atoms with Gasteiger partial charge in [-0.2, -0.15) is 0 Å². The van der Waals surface area contributed by atoms with Crippen molar-refractivity contribution in [3.8, 4) is 5.75 Å². The predicted octanol–water partition coefficient (Wildman–Crippen LogP) is 2.95. The average molecular weight is 284 g/mol. The molecule has 106 valence electrons. The van der Waals surface area contributed by atoms with E-state index >= 15 is 0 Å². The maximum Gasteiger partial charge on any atom is 0.138 e. The second-order valence-electron chi connectivity index (χ2n) is 5.11. The van der Waals surface area contributed by atoms with Crippen LogP contribution in [0.4, 0.5) is 0 Å². The Labute approximate surface area is 120 Å². The molecule has 1 aliphatic heterocycles. The molecular formula is C15H22ClNO2. The van der Waals surface area contributed by atoms with Gasteiger partial charge in [-0.3, -0.25) is 0 Å². The summed E-state index contributed by atoms with van der Waals surface area (Å²) in [4.78, 5) is 2.31. The summed E-state index contributed by atoms with van der Waals surface area (Å²) >= 11 is 6.09. The molecule has 1 aromatic rings. The van der Waals surface area contributed by atoms with Crippen molar-refractivity contribution in [3.05, 3.63) is 29.3 Å². The lowest BCUT2D eigenvalue weighted by Crippen LogP contribution is -2.41. The molecule has 0 bridgehead atoms. The SMILES string of the molecule is CC[C@@H](O)CN1CCC(Oc2ccccc2Cl)CC1. The van der Waals surface area contributed by atoms with Gasteiger partial charge < -0.3 is 14.7 Å². The lowest BCUT2D eigenvalue weighted by molar-refractivity contribution is 0.0600. The molecule has 0 aliphatic carbocycles. The molecule has 0 aromatic heterocycles. The molecule has 0 spiro atoms. The summed E-state index contributed by atoms with van der Waals surface area (Å²) in [5.41, 5.74) is 0. The molecule has 19 heavy (non-hydrogen) atoms. The number of nitrogens with zero attached hydrogens (tertiary/aromatic N) is 1. The third-order valence-corrected chi connectivity index (χ3v) is 3.92. The lowest BCUT2D eigenvalue weighted by atomic mass is 10.1. The van der Waals surface area contributed by atoms with E-state index in [4.69, 9.17) is 16.3 Å². The Kier molecular flexibility index (Phi) is 5.49. The maximum absolute atomic E-state index is 9.66. The Bertz CT molecular complexity index is 391. The summed E-state index contributed by atoms with van der Waals surface area (Å²) in [6.07, 6.45) is 2.82. The number of likely N-dealkylation sites (tertiary alicyclic amines) is 1. The van der Waals surface area contributed by atoms with Crippen LogP contribution >= 0.6 is 11.6 Å². The Morgan fingerprint density at radius 1 is 1.37 bits per heavy atom. The van der Waals surface area contributed by atoms with Crippen molar-refractivity contribution in [2.75, 3.05) is 19.6 Å². The average Bonchev–Trinajstić information content (AvgIpc) is 2.43. The number of piperidine rings is 1. The molecule has 1 fully saturated rings. The molecule has 1 saturated heterocycles. The Hall–Kier alpha value is -0.770. The Morgan fingerprint density at radius 2 is 2.05 bits per heavy atom. The van der Waals surface area contributed by atoms with E-state index in [-0.39, 0.29) is 12.2 Å². The Morgan fingerprint density at radius 3 is 2.68 bits per heavy atom. The van der Waals surface area contributed by atoms with Gasteiger partial charge >= 0.3 is 0 Å². The largest absolute Gasteiger partial charge is 0.489 e. The van der Waals surface area contributed by atoms with Crippen LogP contribution in [0.5, 0.6) is 5.75 Å². The van der Waals surface area contributed by atoms with E-state index in [9.17, 15) is 5.11 Å². The van der Waals surface area contributed by atoms with Crippen LogP contribution in [0.2, 0.25) is 5.02 Å². The van der Waals surface area contributed by atoms with Crippen LogP contribution in [-0.4, -0.2) is 41.8 Å². The first-order valence-corrected chi connectivity index (χ1v) is 7.38. The Balaban J connectivity index is 1.79. The smallest absolute Gasteiger partial charge is 0.138 e. The molecule has 1 aromatic carbocycles. The first-order valence-electron chi connectivity index (χ1n) is 7.00. The van der Waals surface area contributed by atoms with E-state index in [0.717, 1.165) is 44.6 Å². The van der Waals surface area contributed by atoms with E-state index in [0.29, 0.717) is 5.02 Å². The highest BCUT2D eigenvalue weighted by Gasteiger charge is 2.22. The lowest BCUT2D eigenvalue weighted by Gasteiger charge is -2.33. The summed E-state index contributed by atoms with van der Waals surface area (Å²) in [5, 5.41) is 10.3. The van der Waals surface area contributed by atoms with Gasteiger partial charge in [-0.05, 0) is 31.4 Å². The van der Waals surface area contributed by atoms with Gasteiger partial charge in [0.15, 0.2) is 0 Å². The van der Waals surface area contributed by atoms with E-state index in [2.05, 4.69) is 4.90 Å². The van der Waals surface area contributed by atoms with Crippen molar-refractivity contribution in [1.29, 1.82) is 0 Å². The zero-order chi connectivity index (χ0) is 13.7. The van der Waals surface area contributed by atoms with Crippen LogP contribution in [0.15, 0.2) is 24.3 Å². The first-order chi connectivity index (χ1) is 9.19. The summed E-state index contributed by atoms with van der Waals surface area (Å²) in [5.74, 6) is 0.774. The number of hydrogen-bond donors (Lipinski definition) is 1. The molecule has 0 radical (unpaired) electrons. The number of β-amino-alcohol motifs (C(OH)–C–C–N with tert-alkyl or cyclic N) is 1. The minimum absolute atomic E-state index is 0.207. The van der Waals surface area contributed by atoms with Crippen molar-refractivity contribution < 1.29 is 9.84 Å². The minimum Gasteiger partial charge on any atom is -0.489 e. The van der Waals surface area contributed by atoms with Gasteiger partial charge in [0.2, 0.25) is 0 Å². The third kappa shape index (κ3) is 4.37. The van der Waals surface area contributed by atoms with Crippen molar-refractivity contribution in [2.45, 2.75) is 38.4 Å². The second-order valence-corrected chi connectivity index (χ2v) is 5.52. The van der Waals surface area contributed by atoms with Crippen LogP contribution in [0.3, 0.4) is 0 Å². The van der Waals surface area contributed by atoms with Gasteiger partial charge in [0.05, 0.1) is 11.1 Å². The number of halogens is 1. The van der Waals surface area contributed by atoms with Gasteiger partial charge in [-0.25, -0.2) is 0 Å². The standard InChI is InChI=1S/C15H22ClNO2/c1-2-12(18)11-17-9-7-13(8-10-17)19-15-6-4-3-5-14(15)16/h3-6,12-13,18H,2,7-11H2,1H3/t12-/m1/s1. The summed E-state index contributed by atoms with van der Waals surface area (Å²) in [6.45, 7) is 4.74. The fourth-order valence-electron chi connectivity index (χ4n) is 2.36. The molecule has 1 atom stereocenters. The van der Waals surface area contributed by atoms with Gasteiger partial charge in [0, 0.05) is 19.6 Å². The van der Waals surface area contributed by atoms with E-state index in [1.165, 1.54) is 0 Å². The fraction of sp³-hybridized carbons (Fsp3) is 0.600. The summed E-state index contributed by atoms with van der Waals surface area (Å²) in [7, 11) is 0. The molecule has 0 amide bonds. The molecule has 1 N–H and O–H groups in total. The first kappa shape index (κ1) is 14.6. The fourth-order valence-corrected chi connectivity index (χ4v) is 2.54. The molecule has 3 nitrogen and oxygen atoms in total. The zero-order valence-corrected chi connectivity index (χ0v) is 12.1. The van der Waals surface area contributed by atoms with Gasteiger partial charge in [-0.1, -0.05) is 30.7 Å². The van der Waals surface area contributed by atoms with Gasteiger partial charge in [0.1, 0.15) is 11.9 Å². The number of rotatable bonds is 5. The molecule has 2 rings (SSSR count). The second kappa shape index (κ2) is 7.13. The molecule has 4 heteroatoms. The topological polar surface area (TPSA) is 32.7 Å². The van der Waals surface area contributed by atoms with Crippen LogP contribution < -0.4 is 4.74 Å². The molecule has 1 aliphatic rings. The van der Waals surface area contributed by atoms with E-state index in [1.807, 2.05) is 31.2 Å². The minimum atomic E-state index is -0.207. The van der Waals surface area contributed by atoms with Crippen molar-refractivity contribution in [2.24, 2.45) is 0 Å². The van der Waals surface area contributed by atoms with Crippen molar-refractivity contribution in [1.82, 2.24) is 4.90 Å². The van der Waals surface area contributed by atoms with E-state index in [1.54, 1.807) is 0 Å². The number of aliphatic hydroxyl groups excluding tert-OH is 1. The van der Waals surface area contributed by atoms with Gasteiger partial charge in [0.25, 0.3) is 0 Å². The van der Waals surface area contributed by atoms with Crippen LogP contribution in [0, 0.1) is 0 Å². The van der Waals surface area contributed by atoms with E-state index < -0.39 is 0 Å². The van der Waals surface area contributed by atoms with Crippen LogP contribution in [0.25, 0.3) is 0 Å². The van der Waals surface area contributed by atoms with Crippen molar-refractivity contribution >= 4 is 11.6 Å². The molecule has 1 heterocycles. The zero-order valence-electron chi connectivity index (χ0n) is 11.4. The number of para-hydroxylation sites is 1. The third-order valence-electron chi connectivity index (χ3n) is 3.61.